The van der Waals surface area contributed by atoms with Gasteiger partial charge in [-0.3, -0.25) is 9.36 Å². The molecule has 0 aliphatic rings. The van der Waals surface area contributed by atoms with E-state index in [1.165, 1.54) is 49.7 Å². The van der Waals surface area contributed by atoms with Gasteiger partial charge < -0.3 is 14.6 Å². The van der Waals surface area contributed by atoms with E-state index >= 15 is 0 Å². The molecule has 12 heteroatoms. The molecule has 0 saturated heterocycles. The third kappa shape index (κ3) is 6.32. The molecule has 1 heterocycles. The molecule has 0 spiro atoms. The molecule has 1 N–H and O–H groups in total. The van der Waals surface area contributed by atoms with Crippen molar-refractivity contribution in [2.45, 2.75) is 38.1 Å². The van der Waals surface area contributed by atoms with Crippen molar-refractivity contribution in [2.75, 3.05) is 40.5 Å². The number of pyridine rings is 1. The number of ether oxygens (including phenoxy) is 2. The molecule has 1 aromatic carbocycles. The summed E-state index contributed by atoms with van der Waals surface area (Å²) in [5.74, 6) is -0.392. The first kappa shape index (κ1) is 28.1. The molecule has 1 aromatic heterocycles. The van der Waals surface area contributed by atoms with Gasteiger partial charge in [0.05, 0.1) is 30.4 Å². The number of aromatic nitrogens is 1. The van der Waals surface area contributed by atoms with E-state index in [1.807, 2.05) is 6.92 Å². The summed E-state index contributed by atoms with van der Waals surface area (Å²) in [4.78, 5) is 16.4. The first-order valence-corrected chi connectivity index (χ1v) is 12.4. The molecular formula is C23H31N5O6S. The highest BCUT2D eigenvalue weighted by molar-refractivity contribution is 7.89. The van der Waals surface area contributed by atoms with Gasteiger partial charge in [0.15, 0.2) is 5.88 Å². The molecule has 2 rings (SSSR count). The highest BCUT2D eigenvalue weighted by Gasteiger charge is 2.24. The van der Waals surface area contributed by atoms with Crippen molar-refractivity contribution in [3.05, 3.63) is 51.6 Å². The monoisotopic (exact) mass is 505 g/mol. The summed E-state index contributed by atoms with van der Waals surface area (Å²) >= 11 is 0. The first-order chi connectivity index (χ1) is 16.6. The molecule has 0 aliphatic heterocycles. The quantitative estimate of drug-likeness (QED) is 0.342. The zero-order valence-electron chi connectivity index (χ0n) is 20.6. The van der Waals surface area contributed by atoms with Crippen LogP contribution in [0.2, 0.25) is 0 Å². The average Bonchev–Trinajstić information content (AvgIpc) is 2.84. The third-order valence-electron chi connectivity index (χ3n) is 5.54. The van der Waals surface area contributed by atoms with Crippen molar-refractivity contribution in [1.29, 1.82) is 0 Å². The fourth-order valence-electron chi connectivity index (χ4n) is 3.29. The van der Waals surface area contributed by atoms with Crippen molar-refractivity contribution in [2.24, 2.45) is 10.2 Å². The van der Waals surface area contributed by atoms with Crippen LogP contribution in [0.25, 0.3) is 4.85 Å². The summed E-state index contributed by atoms with van der Waals surface area (Å²) in [7, 11) is -0.797. The lowest BCUT2D eigenvalue weighted by atomic mass is 10.1. The molecule has 0 bridgehead atoms. The van der Waals surface area contributed by atoms with E-state index in [2.05, 4.69) is 15.1 Å². The van der Waals surface area contributed by atoms with Gasteiger partial charge in [0.2, 0.25) is 15.7 Å². The zero-order valence-corrected chi connectivity index (χ0v) is 21.4. The second kappa shape index (κ2) is 12.6. The van der Waals surface area contributed by atoms with E-state index in [9.17, 15) is 18.3 Å². The van der Waals surface area contributed by atoms with Crippen LogP contribution in [-0.2, 0) is 19.5 Å². The summed E-state index contributed by atoms with van der Waals surface area (Å²) in [6, 6.07) is 5.41. The van der Waals surface area contributed by atoms with Crippen molar-refractivity contribution >= 4 is 27.1 Å². The van der Waals surface area contributed by atoms with Gasteiger partial charge in [-0.1, -0.05) is 6.92 Å². The van der Waals surface area contributed by atoms with Gasteiger partial charge in [-0.2, -0.15) is 9.42 Å². The summed E-state index contributed by atoms with van der Waals surface area (Å²) < 4.78 is 38.5. The van der Waals surface area contributed by atoms with E-state index < -0.39 is 21.5 Å². The maximum atomic E-state index is 13.0. The Morgan fingerprint density at radius 2 is 1.71 bits per heavy atom. The average molecular weight is 506 g/mol. The highest BCUT2D eigenvalue weighted by Crippen LogP contribution is 2.36. The fourth-order valence-corrected chi connectivity index (χ4v) is 4.70. The molecule has 190 valence electrons. The summed E-state index contributed by atoms with van der Waals surface area (Å²) in [5, 5.41) is 18.6. The van der Waals surface area contributed by atoms with E-state index in [0.717, 1.165) is 4.57 Å². The Morgan fingerprint density at radius 3 is 2.20 bits per heavy atom. The van der Waals surface area contributed by atoms with Gasteiger partial charge >= 0.3 is 0 Å². The molecule has 0 radical (unpaired) electrons. The smallest absolute Gasteiger partial charge is 0.279 e. The molecule has 1 atom stereocenters. The Hall–Kier alpha value is -3.11. The second-order valence-corrected chi connectivity index (χ2v) is 9.71. The normalized spacial score (nSPS) is 12.8. The van der Waals surface area contributed by atoms with Crippen LogP contribution in [0, 0.1) is 13.5 Å². The maximum Gasteiger partial charge on any atom is 0.279 e. The van der Waals surface area contributed by atoms with Crippen LogP contribution in [-0.4, -0.2) is 62.9 Å². The minimum absolute atomic E-state index is 0.0592. The number of hydrogen-bond acceptors (Lipinski definition) is 8. The molecule has 1 unspecified atom stereocenters. The number of hydrogen-bond donors (Lipinski definition) is 1. The van der Waals surface area contributed by atoms with Crippen LogP contribution in [0.15, 0.2) is 44.2 Å². The van der Waals surface area contributed by atoms with E-state index in [1.54, 1.807) is 6.92 Å². The number of azo groups is 1. The Bertz CT molecular complexity index is 1240. The van der Waals surface area contributed by atoms with Crippen molar-refractivity contribution in [3.8, 4) is 5.88 Å². The van der Waals surface area contributed by atoms with Crippen LogP contribution in [0.1, 0.15) is 31.9 Å². The van der Waals surface area contributed by atoms with Crippen molar-refractivity contribution in [1.82, 2.24) is 8.87 Å². The lowest BCUT2D eigenvalue weighted by molar-refractivity contribution is 0.150. The summed E-state index contributed by atoms with van der Waals surface area (Å²) in [6.07, 6.45) is 0.562. The fraction of sp³-hybridized carbons (Fsp3) is 0.478. The standard InChI is InChI=1S/C23H31N5O6S/c1-7-16(2)28-22(29)20(24-4)17(3)21(23(28)30)26-25-18-8-10-19(11-9-18)35(31,32)27(12-14-33-5)13-15-34-6/h8-11,16,29H,7,12-15H2,1-3,5-6H3. The summed E-state index contributed by atoms with van der Waals surface area (Å²) in [6.45, 7) is 13.4. The van der Waals surface area contributed by atoms with E-state index in [4.69, 9.17) is 16.0 Å². The second-order valence-electron chi connectivity index (χ2n) is 7.77. The molecule has 0 fully saturated rings. The third-order valence-corrected chi connectivity index (χ3v) is 7.46. The number of rotatable bonds is 12. The molecule has 0 aliphatic carbocycles. The van der Waals surface area contributed by atoms with E-state index in [0.29, 0.717) is 12.1 Å². The predicted octanol–water partition coefficient (Wildman–Crippen LogP) is 4.08. The van der Waals surface area contributed by atoms with E-state index in [-0.39, 0.29) is 54.2 Å². The maximum absolute atomic E-state index is 13.0. The van der Waals surface area contributed by atoms with Crippen molar-refractivity contribution < 1.29 is 23.0 Å². The summed E-state index contributed by atoms with van der Waals surface area (Å²) in [5.41, 5.74) is -0.146. The largest absolute Gasteiger partial charge is 0.503 e. The highest BCUT2D eigenvalue weighted by atomic mass is 32.2. The lowest BCUT2D eigenvalue weighted by Gasteiger charge is -2.21. The number of sulfonamides is 1. The van der Waals surface area contributed by atoms with Gasteiger partial charge in [-0.15, -0.1) is 5.11 Å². The zero-order chi connectivity index (χ0) is 26.2. The molecule has 35 heavy (non-hydrogen) atoms. The topological polar surface area (TPSA) is 127 Å². The lowest BCUT2D eigenvalue weighted by Crippen LogP contribution is -2.36. The van der Waals surface area contributed by atoms with Crippen molar-refractivity contribution in [3.63, 3.8) is 0 Å². The molecule has 0 saturated carbocycles. The van der Waals surface area contributed by atoms with Gasteiger partial charge in [-0.05, 0) is 50.1 Å². The number of methoxy groups -OCH3 is 2. The van der Waals surface area contributed by atoms with Crippen LogP contribution in [0.3, 0.4) is 0 Å². The minimum atomic E-state index is -3.79. The van der Waals surface area contributed by atoms with Gasteiger partial charge in [-0.25, -0.2) is 13.3 Å². The van der Waals surface area contributed by atoms with Gasteiger partial charge in [0.25, 0.3) is 5.56 Å². The van der Waals surface area contributed by atoms with Crippen LogP contribution < -0.4 is 5.56 Å². The Balaban J connectivity index is 2.41. The van der Waals surface area contributed by atoms with Crippen LogP contribution in [0.5, 0.6) is 5.88 Å². The molecule has 11 nitrogen and oxygen atoms in total. The Morgan fingerprint density at radius 1 is 1.14 bits per heavy atom. The predicted molar refractivity (Wildman–Crippen MR) is 131 cm³/mol. The van der Waals surface area contributed by atoms with Crippen LogP contribution in [0.4, 0.5) is 17.1 Å². The number of aromatic hydroxyl groups is 1. The van der Waals surface area contributed by atoms with Gasteiger partial charge in [0.1, 0.15) is 5.69 Å². The Labute approximate surface area is 205 Å². The number of nitrogens with zero attached hydrogens (tertiary/aromatic N) is 5. The molecule has 0 amide bonds. The first-order valence-electron chi connectivity index (χ1n) is 11.0. The number of benzene rings is 1. The SMILES string of the molecule is [C-]#[N+]c1c(C)c(N=Nc2ccc(S(=O)(=O)N(CCOC)CCOC)cc2)c(=O)n(C(C)CC)c1O. The minimum Gasteiger partial charge on any atom is -0.503 e. The Kier molecular flexibility index (Phi) is 10.1. The molecule has 2 aromatic rings. The van der Waals surface area contributed by atoms with Crippen LogP contribution >= 0.6 is 0 Å². The molecular weight excluding hydrogens is 474 g/mol. The van der Waals surface area contributed by atoms with Gasteiger partial charge in [0, 0.05) is 33.4 Å².